The van der Waals surface area contributed by atoms with E-state index in [-0.39, 0.29) is 18.1 Å². The minimum atomic E-state index is -0.703. The Morgan fingerprint density at radius 3 is 2.74 bits per heavy atom. The van der Waals surface area contributed by atoms with Crippen molar-refractivity contribution in [3.05, 3.63) is 29.8 Å². The maximum atomic E-state index is 13.0. The van der Waals surface area contributed by atoms with Crippen molar-refractivity contribution in [3.8, 4) is 0 Å². The van der Waals surface area contributed by atoms with Crippen molar-refractivity contribution in [3.63, 3.8) is 0 Å². The van der Waals surface area contributed by atoms with Gasteiger partial charge in [0.2, 0.25) is 5.91 Å². The van der Waals surface area contributed by atoms with Gasteiger partial charge in [0.25, 0.3) is 0 Å². The molecule has 104 valence electrons. The summed E-state index contributed by atoms with van der Waals surface area (Å²) in [7, 11) is 0. The fourth-order valence-electron chi connectivity index (χ4n) is 2.19. The molecule has 0 spiro atoms. The predicted octanol–water partition coefficient (Wildman–Crippen LogP) is 1.20. The molecule has 1 aliphatic rings. The van der Waals surface area contributed by atoms with Crippen LogP contribution in [-0.2, 0) is 4.79 Å². The number of carbonyl (C=O) groups is 1. The number of benzene rings is 1. The molecule has 1 aromatic rings. The van der Waals surface area contributed by atoms with Crippen LogP contribution in [0.2, 0.25) is 0 Å². The molecule has 1 amide bonds. The van der Waals surface area contributed by atoms with Gasteiger partial charge in [-0.05, 0) is 19.1 Å². The zero-order valence-corrected chi connectivity index (χ0v) is 10.7. The van der Waals surface area contributed by atoms with Crippen molar-refractivity contribution >= 4 is 11.6 Å². The average molecular weight is 269 g/mol. The maximum absolute atomic E-state index is 13.0. The standard InChI is InChI=1S/C13H17F2N3O/c1-9-7-18(3-2-16-9)8-13(19)17-12-5-10(14)4-11(15)6-12/h4-6,9,16H,2-3,7-8H2,1H3,(H,17,19). The van der Waals surface area contributed by atoms with E-state index in [1.165, 1.54) is 0 Å². The largest absolute Gasteiger partial charge is 0.325 e. The van der Waals surface area contributed by atoms with Crippen LogP contribution in [0.25, 0.3) is 0 Å². The Morgan fingerprint density at radius 1 is 1.42 bits per heavy atom. The molecule has 4 nitrogen and oxygen atoms in total. The molecule has 1 aromatic carbocycles. The second kappa shape index (κ2) is 6.08. The van der Waals surface area contributed by atoms with E-state index in [9.17, 15) is 13.6 Å². The number of anilines is 1. The fourth-order valence-corrected chi connectivity index (χ4v) is 2.19. The number of carbonyl (C=O) groups excluding carboxylic acids is 1. The lowest BCUT2D eigenvalue weighted by atomic mass is 10.2. The van der Waals surface area contributed by atoms with Crippen molar-refractivity contribution in [2.75, 3.05) is 31.5 Å². The van der Waals surface area contributed by atoms with Crippen molar-refractivity contribution in [1.29, 1.82) is 0 Å². The fraction of sp³-hybridized carbons (Fsp3) is 0.462. The first-order chi connectivity index (χ1) is 9.02. The van der Waals surface area contributed by atoms with Crippen LogP contribution in [0.5, 0.6) is 0 Å². The van der Waals surface area contributed by atoms with E-state index in [4.69, 9.17) is 0 Å². The van der Waals surface area contributed by atoms with Crippen LogP contribution in [0.1, 0.15) is 6.92 Å². The van der Waals surface area contributed by atoms with E-state index in [2.05, 4.69) is 10.6 Å². The summed E-state index contributed by atoms with van der Waals surface area (Å²) in [5.41, 5.74) is 0.144. The van der Waals surface area contributed by atoms with Gasteiger partial charge in [-0.15, -0.1) is 0 Å². The Bertz CT molecular complexity index is 447. The first-order valence-electron chi connectivity index (χ1n) is 6.24. The summed E-state index contributed by atoms with van der Waals surface area (Å²) in [5, 5.41) is 5.78. The highest BCUT2D eigenvalue weighted by Gasteiger charge is 2.18. The van der Waals surface area contributed by atoms with Gasteiger partial charge in [-0.1, -0.05) is 0 Å². The molecule has 2 N–H and O–H groups in total. The first-order valence-corrected chi connectivity index (χ1v) is 6.24. The van der Waals surface area contributed by atoms with Gasteiger partial charge in [-0.3, -0.25) is 9.69 Å². The lowest BCUT2D eigenvalue weighted by Gasteiger charge is -2.31. The smallest absolute Gasteiger partial charge is 0.238 e. The maximum Gasteiger partial charge on any atom is 0.238 e. The molecule has 1 heterocycles. The summed E-state index contributed by atoms with van der Waals surface area (Å²) < 4.78 is 26.0. The number of hydrogen-bond donors (Lipinski definition) is 2. The number of amides is 1. The second-order valence-electron chi connectivity index (χ2n) is 4.80. The molecule has 2 rings (SSSR count). The van der Waals surface area contributed by atoms with Gasteiger partial charge in [-0.25, -0.2) is 8.78 Å². The van der Waals surface area contributed by atoms with E-state index < -0.39 is 11.6 Å². The summed E-state index contributed by atoms with van der Waals surface area (Å²) in [4.78, 5) is 13.8. The molecular weight excluding hydrogens is 252 g/mol. The number of hydrogen-bond acceptors (Lipinski definition) is 3. The van der Waals surface area contributed by atoms with Gasteiger partial charge in [0.05, 0.1) is 6.54 Å². The third-order valence-corrected chi connectivity index (χ3v) is 2.97. The molecule has 1 saturated heterocycles. The molecular formula is C13H17F2N3O. The number of rotatable bonds is 3. The lowest BCUT2D eigenvalue weighted by molar-refractivity contribution is -0.117. The molecule has 0 aliphatic carbocycles. The van der Waals surface area contributed by atoms with Crippen molar-refractivity contribution in [1.82, 2.24) is 10.2 Å². The average Bonchev–Trinajstić information content (AvgIpc) is 2.26. The topological polar surface area (TPSA) is 44.4 Å². The van der Waals surface area contributed by atoms with E-state index >= 15 is 0 Å². The highest BCUT2D eigenvalue weighted by Crippen LogP contribution is 2.12. The van der Waals surface area contributed by atoms with Gasteiger partial charge in [-0.2, -0.15) is 0 Å². The minimum absolute atomic E-state index is 0.144. The highest BCUT2D eigenvalue weighted by molar-refractivity contribution is 5.92. The highest BCUT2D eigenvalue weighted by atomic mass is 19.1. The zero-order chi connectivity index (χ0) is 13.8. The second-order valence-corrected chi connectivity index (χ2v) is 4.80. The van der Waals surface area contributed by atoms with Gasteiger partial charge >= 0.3 is 0 Å². The van der Waals surface area contributed by atoms with Gasteiger partial charge in [0, 0.05) is 37.4 Å². The van der Waals surface area contributed by atoms with Gasteiger partial charge in [0.1, 0.15) is 11.6 Å². The Labute approximate surface area is 110 Å². The number of piperazine rings is 1. The molecule has 1 aliphatic heterocycles. The number of halogens is 2. The van der Waals surface area contributed by atoms with Crippen LogP contribution in [0.4, 0.5) is 14.5 Å². The Hall–Kier alpha value is -1.53. The van der Waals surface area contributed by atoms with Crippen LogP contribution in [0, 0.1) is 11.6 Å². The SMILES string of the molecule is CC1CN(CC(=O)Nc2cc(F)cc(F)c2)CCN1. The van der Waals surface area contributed by atoms with Crippen LogP contribution < -0.4 is 10.6 Å². The molecule has 0 bridgehead atoms. The van der Waals surface area contributed by atoms with Crippen LogP contribution in [0.3, 0.4) is 0 Å². The molecule has 6 heteroatoms. The Balaban J connectivity index is 1.90. The van der Waals surface area contributed by atoms with E-state index in [0.717, 1.165) is 37.8 Å². The van der Waals surface area contributed by atoms with Crippen molar-refractivity contribution in [2.24, 2.45) is 0 Å². The van der Waals surface area contributed by atoms with Crippen LogP contribution >= 0.6 is 0 Å². The van der Waals surface area contributed by atoms with E-state index in [0.29, 0.717) is 6.04 Å². The third kappa shape index (κ3) is 4.25. The summed E-state index contributed by atoms with van der Waals surface area (Å²) >= 11 is 0. The molecule has 1 atom stereocenters. The normalized spacial score (nSPS) is 20.3. The van der Waals surface area contributed by atoms with Crippen LogP contribution in [-0.4, -0.2) is 43.0 Å². The predicted molar refractivity (Wildman–Crippen MR) is 68.9 cm³/mol. The molecule has 1 fully saturated rings. The monoisotopic (exact) mass is 269 g/mol. The van der Waals surface area contributed by atoms with E-state index in [1.54, 1.807) is 0 Å². The third-order valence-electron chi connectivity index (χ3n) is 2.97. The zero-order valence-electron chi connectivity index (χ0n) is 10.7. The molecule has 0 aromatic heterocycles. The van der Waals surface area contributed by atoms with Crippen molar-refractivity contribution in [2.45, 2.75) is 13.0 Å². The van der Waals surface area contributed by atoms with Crippen LogP contribution in [0.15, 0.2) is 18.2 Å². The Morgan fingerprint density at radius 2 is 2.11 bits per heavy atom. The molecule has 0 radical (unpaired) electrons. The molecule has 1 unspecified atom stereocenters. The van der Waals surface area contributed by atoms with Gasteiger partial charge < -0.3 is 10.6 Å². The van der Waals surface area contributed by atoms with E-state index in [1.807, 2.05) is 11.8 Å². The minimum Gasteiger partial charge on any atom is -0.325 e. The summed E-state index contributed by atoms with van der Waals surface area (Å²) in [6.07, 6.45) is 0. The number of nitrogens with one attached hydrogen (secondary N) is 2. The summed E-state index contributed by atoms with van der Waals surface area (Å²) in [6.45, 7) is 4.68. The molecule has 19 heavy (non-hydrogen) atoms. The van der Waals surface area contributed by atoms with Gasteiger partial charge in [0.15, 0.2) is 0 Å². The Kier molecular flexibility index (Phi) is 4.44. The molecule has 0 saturated carbocycles. The van der Waals surface area contributed by atoms with Crippen molar-refractivity contribution < 1.29 is 13.6 Å². The number of nitrogens with zero attached hydrogens (tertiary/aromatic N) is 1. The summed E-state index contributed by atoms with van der Waals surface area (Å²) in [6, 6.07) is 3.31. The summed E-state index contributed by atoms with van der Waals surface area (Å²) in [5.74, 6) is -1.67. The lowest BCUT2D eigenvalue weighted by Crippen LogP contribution is -2.51. The quantitative estimate of drug-likeness (QED) is 0.866. The first kappa shape index (κ1) is 13.9.